The maximum Gasteiger partial charge on any atom is 0.333 e. The van der Waals surface area contributed by atoms with Crippen molar-refractivity contribution in [1.82, 2.24) is 10.6 Å². The Bertz CT molecular complexity index is 437. The second kappa shape index (κ2) is 11.5. The highest BCUT2D eigenvalue weighted by Gasteiger charge is 2.19. The summed E-state index contributed by atoms with van der Waals surface area (Å²) in [6, 6.07) is -1.46. The number of hydrogen-bond donors (Lipinski definition) is 4. The van der Waals surface area contributed by atoms with Gasteiger partial charge in [-0.05, 0) is 24.7 Å². The van der Waals surface area contributed by atoms with Crippen LogP contribution in [0.25, 0.3) is 0 Å². The standard InChI is InChI=1S/C16H30N4O5/c1-9(2)5-11(17)15(23)19-7-13(21)25-14(22)8-20-16(24)12(18)6-10(3)4/h9-12H,5-8,17-18H2,1-4H3,(H,19,23)(H,20,24). The highest BCUT2D eigenvalue weighted by molar-refractivity contribution is 5.92. The smallest absolute Gasteiger partial charge is 0.333 e. The number of nitrogens with two attached hydrogens (primary N) is 2. The lowest BCUT2D eigenvalue weighted by Crippen LogP contribution is -2.45. The van der Waals surface area contributed by atoms with Gasteiger partial charge in [0.15, 0.2) is 0 Å². The first-order valence-corrected chi connectivity index (χ1v) is 8.33. The summed E-state index contributed by atoms with van der Waals surface area (Å²) in [5.74, 6) is -2.39. The largest absolute Gasteiger partial charge is 0.390 e. The van der Waals surface area contributed by atoms with Crippen LogP contribution >= 0.6 is 0 Å². The van der Waals surface area contributed by atoms with Crippen LogP contribution in [0.15, 0.2) is 0 Å². The Labute approximate surface area is 148 Å². The summed E-state index contributed by atoms with van der Waals surface area (Å²) in [5.41, 5.74) is 11.3. The normalized spacial score (nSPS) is 13.3. The molecule has 0 radical (unpaired) electrons. The monoisotopic (exact) mass is 358 g/mol. The van der Waals surface area contributed by atoms with E-state index in [0.29, 0.717) is 12.8 Å². The molecule has 0 heterocycles. The molecule has 0 aliphatic heterocycles. The van der Waals surface area contributed by atoms with E-state index in [4.69, 9.17) is 11.5 Å². The molecule has 0 aliphatic rings. The maximum atomic E-state index is 11.6. The van der Waals surface area contributed by atoms with Crippen LogP contribution in [0.1, 0.15) is 40.5 Å². The van der Waals surface area contributed by atoms with Gasteiger partial charge in [0.25, 0.3) is 0 Å². The lowest BCUT2D eigenvalue weighted by molar-refractivity contribution is -0.159. The van der Waals surface area contributed by atoms with E-state index in [0.717, 1.165) is 0 Å². The topological polar surface area (TPSA) is 154 Å². The molecule has 0 aromatic rings. The zero-order chi connectivity index (χ0) is 19.6. The van der Waals surface area contributed by atoms with Gasteiger partial charge in [0.2, 0.25) is 11.8 Å². The molecular formula is C16H30N4O5. The fraction of sp³-hybridized carbons (Fsp3) is 0.750. The number of carbonyl (C=O) groups excluding carboxylic acids is 4. The van der Waals surface area contributed by atoms with Gasteiger partial charge < -0.3 is 26.8 Å². The first-order valence-electron chi connectivity index (χ1n) is 8.33. The van der Waals surface area contributed by atoms with Crippen molar-refractivity contribution in [3.8, 4) is 0 Å². The van der Waals surface area contributed by atoms with Crippen molar-refractivity contribution in [2.24, 2.45) is 23.3 Å². The van der Waals surface area contributed by atoms with Crippen LogP contribution in [0.3, 0.4) is 0 Å². The SMILES string of the molecule is CC(C)CC(N)C(=O)NCC(=O)OC(=O)CNC(=O)C(N)CC(C)C. The average molecular weight is 358 g/mol. The Morgan fingerprint density at radius 3 is 1.36 bits per heavy atom. The van der Waals surface area contributed by atoms with Gasteiger partial charge >= 0.3 is 11.9 Å². The molecule has 0 aliphatic carbocycles. The number of nitrogens with one attached hydrogen (secondary N) is 2. The molecule has 144 valence electrons. The van der Waals surface area contributed by atoms with Crippen LogP contribution in [0.5, 0.6) is 0 Å². The van der Waals surface area contributed by atoms with Crippen molar-refractivity contribution in [2.75, 3.05) is 13.1 Å². The van der Waals surface area contributed by atoms with E-state index in [9.17, 15) is 19.2 Å². The molecule has 6 N–H and O–H groups in total. The van der Waals surface area contributed by atoms with Crippen molar-refractivity contribution in [2.45, 2.75) is 52.6 Å². The van der Waals surface area contributed by atoms with Gasteiger partial charge in [0, 0.05) is 0 Å². The minimum absolute atomic E-state index is 0.236. The van der Waals surface area contributed by atoms with E-state index < -0.39 is 48.9 Å². The van der Waals surface area contributed by atoms with Gasteiger partial charge in [-0.2, -0.15) is 0 Å². The fourth-order valence-corrected chi connectivity index (χ4v) is 2.01. The van der Waals surface area contributed by atoms with Crippen molar-refractivity contribution < 1.29 is 23.9 Å². The third-order valence-corrected chi connectivity index (χ3v) is 3.17. The predicted molar refractivity (Wildman–Crippen MR) is 92.0 cm³/mol. The van der Waals surface area contributed by atoms with Crippen LogP contribution < -0.4 is 22.1 Å². The van der Waals surface area contributed by atoms with Crippen LogP contribution in [-0.2, 0) is 23.9 Å². The van der Waals surface area contributed by atoms with Crippen LogP contribution in [0.2, 0.25) is 0 Å². The molecule has 0 saturated carbocycles. The number of hydrogen-bond acceptors (Lipinski definition) is 7. The number of carbonyl (C=O) groups is 4. The number of amides is 2. The Kier molecular flexibility index (Phi) is 10.6. The third-order valence-electron chi connectivity index (χ3n) is 3.17. The van der Waals surface area contributed by atoms with Crippen molar-refractivity contribution in [3.05, 3.63) is 0 Å². The Balaban J connectivity index is 4.08. The molecule has 2 atom stereocenters. The fourth-order valence-electron chi connectivity index (χ4n) is 2.01. The second-order valence-corrected chi connectivity index (χ2v) is 6.75. The Hall–Kier alpha value is -2.00. The minimum Gasteiger partial charge on any atom is -0.390 e. The first kappa shape index (κ1) is 23.0. The number of esters is 2. The average Bonchev–Trinajstić information content (AvgIpc) is 2.48. The predicted octanol–water partition coefficient (Wildman–Crippen LogP) is -0.965. The summed E-state index contributed by atoms with van der Waals surface area (Å²) in [5, 5.41) is 4.60. The number of ether oxygens (including phenoxy) is 1. The van der Waals surface area contributed by atoms with Gasteiger partial charge in [-0.15, -0.1) is 0 Å². The summed E-state index contributed by atoms with van der Waals surface area (Å²) in [7, 11) is 0. The molecule has 25 heavy (non-hydrogen) atoms. The van der Waals surface area contributed by atoms with Crippen LogP contribution in [0.4, 0.5) is 0 Å². The first-order chi connectivity index (χ1) is 11.5. The van der Waals surface area contributed by atoms with Gasteiger partial charge in [-0.25, -0.2) is 9.59 Å². The zero-order valence-electron chi connectivity index (χ0n) is 15.3. The summed E-state index contributed by atoms with van der Waals surface area (Å²) >= 11 is 0. The highest BCUT2D eigenvalue weighted by atomic mass is 16.6. The molecule has 0 saturated heterocycles. The summed E-state index contributed by atoms with van der Waals surface area (Å²) in [4.78, 5) is 46.3. The molecule has 0 aromatic carbocycles. The van der Waals surface area contributed by atoms with Crippen LogP contribution in [0, 0.1) is 11.8 Å². The van der Waals surface area contributed by atoms with Crippen molar-refractivity contribution in [1.29, 1.82) is 0 Å². The van der Waals surface area contributed by atoms with Crippen molar-refractivity contribution >= 4 is 23.8 Å². The van der Waals surface area contributed by atoms with E-state index in [1.807, 2.05) is 27.7 Å². The molecule has 0 fully saturated rings. The minimum atomic E-state index is -0.934. The lowest BCUT2D eigenvalue weighted by atomic mass is 10.0. The molecular weight excluding hydrogens is 328 g/mol. The molecule has 0 bridgehead atoms. The van der Waals surface area contributed by atoms with E-state index in [-0.39, 0.29) is 11.8 Å². The second-order valence-electron chi connectivity index (χ2n) is 6.75. The molecule has 0 spiro atoms. The maximum absolute atomic E-state index is 11.6. The van der Waals surface area contributed by atoms with Crippen molar-refractivity contribution in [3.63, 3.8) is 0 Å². The molecule has 2 amide bonds. The van der Waals surface area contributed by atoms with Gasteiger partial charge in [-0.3, -0.25) is 9.59 Å². The van der Waals surface area contributed by atoms with Crippen LogP contribution in [-0.4, -0.2) is 48.9 Å². The van der Waals surface area contributed by atoms with E-state index in [1.165, 1.54) is 0 Å². The number of rotatable bonds is 10. The van der Waals surface area contributed by atoms with Gasteiger partial charge in [0.05, 0.1) is 12.1 Å². The van der Waals surface area contributed by atoms with E-state index in [1.54, 1.807) is 0 Å². The summed E-state index contributed by atoms with van der Waals surface area (Å²) in [6.07, 6.45) is 0.949. The molecule has 2 unspecified atom stereocenters. The summed E-state index contributed by atoms with van der Waals surface area (Å²) in [6.45, 7) is 6.72. The highest BCUT2D eigenvalue weighted by Crippen LogP contribution is 2.03. The molecule has 9 heteroatoms. The summed E-state index contributed by atoms with van der Waals surface area (Å²) < 4.78 is 4.48. The van der Waals surface area contributed by atoms with Gasteiger partial charge in [0.1, 0.15) is 13.1 Å². The zero-order valence-corrected chi connectivity index (χ0v) is 15.3. The third kappa shape index (κ3) is 11.2. The quantitative estimate of drug-likeness (QED) is 0.289. The molecule has 0 rings (SSSR count). The van der Waals surface area contributed by atoms with E-state index >= 15 is 0 Å². The lowest BCUT2D eigenvalue weighted by Gasteiger charge is -2.14. The Morgan fingerprint density at radius 1 is 0.760 bits per heavy atom. The van der Waals surface area contributed by atoms with E-state index in [2.05, 4.69) is 15.4 Å². The Morgan fingerprint density at radius 2 is 1.08 bits per heavy atom. The van der Waals surface area contributed by atoms with Gasteiger partial charge in [-0.1, -0.05) is 27.7 Å². The molecule has 9 nitrogen and oxygen atoms in total. The molecule has 0 aromatic heterocycles.